The molecule has 1 aliphatic rings. The van der Waals surface area contributed by atoms with Gasteiger partial charge in [-0.25, -0.2) is 0 Å². The van der Waals surface area contributed by atoms with Crippen molar-refractivity contribution in [3.8, 4) is 5.75 Å². The number of anilines is 1. The van der Waals surface area contributed by atoms with E-state index < -0.39 is 0 Å². The molecule has 0 aliphatic carbocycles. The molecule has 0 spiro atoms. The monoisotopic (exact) mass is 307 g/mol. The zero-order chi connectivity index (χ0) is 16.2. The third kappa shape index (κ3) is 3.14. The Hall–Kier alpha value is -2.55. The van der Waals surface area contributed by atoms with Crippen molar-refractivity contribution in [3.05, 3.63) is 65.2 Å². The molecule has 1 heterocycles. The van der Waals surface area contributed by atoms with Crippen molar-refractivity contribution >= 4 is 17.5 Å². The summed E-state index contributed by atoms with van der Waals surface area (Å²) in [5.41, 5.74) is 3.56. The van der Waals surface area contributed by atoms with E-state index in [4.69, 9.17) is 4.74 Å². The lowest BCUT2D eigenvalue weighted by atomic mass is 9.98. The second-order valence-corrected chi connectivity index (χ2v) is 5.55. The normalized spacial score (nSPS) is 15.2. The highest BCUT2D eigenvalue weighted by molar-refractivity contribution is 6.14. The Morgan fingerprint density at radius 2 is 1.74 bits per heavy atom. The van der Waals surface area contributed by atoms with E-state index in [1.54, 1.807) is 0 Å². The van der Waals surface area contributed by atoms with Crippen LogP contribution in [0.4, 0.5) is 5.69 Å². The van der Waals surface area contributed by atoms with Crippen molar-refractivity contribution in [2.24, 2.45) is 0 Å². The predicted octanol–water partition coefficient (Wildman–Crippen LogP) is 4.19. The molecule has 0 saturated carbocycles. The topological polar surface area (TPSA) is 29.5 Å². The fourth-order valence-electron chi connectivity index (χ4n) is 2.85. The molecule has 0 saturated heterocycles. The van der Waals surface area contributed by atoms with E-state index in [0.29, 0.717) is 23.5 Å². The number of hydrogen-bond donors (Lipinski definition) is 0. The van der Waals surface area contributed by atoms with Gasteiger partial charge < -0.3 is 9.64 Å². The van der Waals surface area contributed by atoms with Gasteiger partial charge >= 0.3 is 0 Å². The molecule has 0 aromatic heterocycles. The molecule has 3 heteroatoms. The Morgan fingerprint density at radius 3 is 2.43 bits per heavy atom. The molecule has 3 nitrogen and oxygen atoms in total. The fraction of sp³-hybridized carbons (Fsp3) is 0.250. The lowest BCUT2D eigenvalue weighted by molar-refractivity contribution is 0.100. The van der Waals surface area contributed by atoms with Crippen LogP contribution in [0.15, 0.2) is 54.1 Å². The number of benzene rings is 2. The number of carbonyl (C=O) groups excluding carboxylic acids is 1. The maximum Gasteiger partial charge on any atom is 0.196 e. The van der Waals surface area contributed by atoms with Crippen LogP contribution >= 0.6 is 0 Å². The Labute approximate surface area is 137 Å². The number of carbonyl (C=O) groups is 1. The van der Waals surface area contributed by atoms with Crippen molar-refractivity contribution in [2.45, 2.75) is 13.8 Å². The standard InChI is InChI=1S/C20H21NO2/c1-3-21(4-2)17-11-9-15(10-12-17)13-16-14-23-19-8-6-5-7-18(19)20(16)22/h5-13H,3-4,14H2,1-2H3/b16-13-. The van der Waals surface area contributed by atoms with Crippen molar-refractivity contribution < 1.29 is 9.53 Å². The van der Waals surface area contributed by atoms with Crippen LogP contribution in [0, 0.1) is 0 Å². The minimum atomic E-state index is 0.0552. The van der Waals surface area contributed by atoms with Gasteiger partial charge in [-0.1, -0.05) is 24.3 Å². The third-order valence-electron chi connectivity index (χ3n) is 4.17. The van der Waals surface area contributed by atoms with E-state index in [2.05, 4.69) is 43.0 Å². The van der Waals surface area contributed by atoms with Crippen LogP contribution in [0.25, 0.3) is 6.08 Å². The number of ketones is 1. The van der Waals surface area contributed by atoms with Crippen LogP contribution in [0.2, 0.25) is 0 Å². The molecule has 1 aliphatic heterocycles. The molecule has 0 fully saturated rings. The number of nitrogens with zero attached hydrogens (tertiary/aromatic N) is 1. The Morgan fingerprint density at radius 1 is 1.04 bits per heavy atom. The third-order valence-corrected chi connectivity index (χ3v) is 4.17. The molecule has 2 aromatic carbocycles. The van der Waals surface area contributed by atoms with E-state index in [1.807, 2.05) is 30.3 Å². The quantitative estimate of drug-likeness (QED) is 0.793. The minimum Gasteiger partial charge on any atom is -0.488 e. The number of Topliss-reactive ketones (excluding diaryl/α,β-unsaturated/α-hetero) is 1. The van der Waals surface area contributed by atoms with Gasteiger partial charge in [0.2, 0.25) is 0 Å². The molecule has 0 N–H and O–H groups in total. The van der Waals surface area contributed by atoms with Crippen LogP contribution in [0.5, 0.6) is 5.75 Å². The van der Waals surface area contributed by atoms with Crippen LogP contribution < -0.4 is 9.64 Å². The second kappa shape index (κ2) is 6.69. The number of ether oxygens (including phenoxy) is 1. The van der Waals surface area contributed by atoms with E-state index in [-0.39, 0.29) is 5.78 Å². The van der Waals surface area contributed by atoms with Crippen molar-refractivity contribution in [2.75, 3.05) is 24.6 Å². The minimum absolute atomic E-state index is 0.0552. The van der Waals surface area contributed by atoms with E-state index >= 15 is 0 Å². The number of hydrogen-bond acceptors (Lipinski definition) is 3. The molecular formula is C20H21NO2. The highest BCUT2D eigenvalue weighted by Gasteiger charge is 2.22. The Balaban J connectivity index is 1.84. The number of rotatable bonds is 4. The van der Waals surface area contributed by atoms with Crippen molar-refractivity contribution in [3.63, 3.8) is 0 Å². The molecule has 23 heavy (non-hydrogen) atoms. The molecule has 0 bridgehead atoms. The largest absolute Gasteiger partial charge is 0.488 e. The summed E-state index contributed by atoms with van der Waals surface area (Å²) in [6.07, 6.45) is 1.92. The molecule has 0 amide bonds. The summed E-state index contributed by atoms with van der Waals surface area (Å²) in [7, 11) is 0. The van der Waals surface area contributed by atoms with Gasteiger partial charge in [0.1, 0.15) is 12.4 Å². The highest BCUT2D eigenvalue weighted by atomic mass is 16.5. The first-order valence-corrected chi connectivity index (χ1v) is 8.05. The van der Waals surface area contributed by atoms with Gasteiger partial charge in [0.15, 0.2) is 5.78 Å². The number of para-hydroxylation sites is 1. The first kappa shape index (κ1) is 15.3. The summed E-state index contributed by atoms with van der Waals surface area (Å²) in [5.74, 6) is 0.728. The molecule has 0 radical (unpaired) electrons. The van der Waals surface area contributed by atoms with Crippen LogP contribution in [0.3, 0.4) is 0 Å². The predicted molar refractivity (Wildman–Crippen MR) is 94.2 cm³/mol. The van der Waals surface area contributed by atoms with Crippen LogP contribution in [-0.2, 0) is 0 Å². The van der Waals surface area contributed by atoms with Gasteiger partial charge in [-0.2, -0.15) is 0 Å². The first-order valence-electron chi connectivity index (χ1n) is 8.05. The molecule has 2 aromatic rings. The molecular weight excluding hydrogens is 286 g/mol. The summed E-state index contributed by atoms with van der Waals surface area (Å²) >= 11 is 0. The fourth-order valence-corrected chi connectivity index (χ4v) is 2.85. The SMILES string of the molecule is CCN(CC)c1ccc(/C=C2/COc3ccccc3C2=O)cc1. The van der Waals surface area contributed by atoms with E-state index in [0.717, 1.165) is 18.7 Å². The zero-order valence-corrected chi connectivity index (χ0v) is 13.6. The maximum absolute atomic E-state index is 12.5. The maximum atomic E-state index is 12.5. The molecule has 118 valence electrons. The average molecular weight is 307 g/mol. The molecule has 0 unspecified atom stereocenters. The van der Waals surface area contributed by atoms with Crippen LogP contribution in [0.1, 0.15) is 29.8 Å². The molecule has 0 atom stereocenters. The first-order chi connectivity index (χ1) is 11.2. The van der Waals surface area contributed by atoms with Crippen molar-refractivity contribution in [1.29, 1.82) is 0 Å². The smallest absolute Gasteiger partial charge is 0.196 e. The van der Waals surface area contributed by atoms with E-state index in [9.17, 15) is 4.79 Å². The summed E-state index contributed by atoms with van der Waals surface area (Å²) in [6, 6.07) is 15.7. The summed E-state index contributed by atoms with van der Waals surface area (Å²) in [5, 5.41) is 0. The molecule has 3 rings (SSSR count). The van der Waals surface area contributed by atoms with Gasteiger partial charge in [0.05, 0.1) is 5.56 Å². The van der Waals surface area contributed by atoms with Gasteiger partial charge in [0, 0.05) is 24.4 Å². The van der Waals surface area contributed by atoms with Gasteiger partial charge in [-0.05, 0) is 49.8 Å². The zero-order valence-electron chi connectivity index (χ0n) is 13.6. The highest BCUT2D eigenvalue weighted by Crippen LogP contribution is 2.27. The lowest BCUT2D eigenvalue weighted by Gasteiger charge is -2.21. The van der Waals surface area contributed by atoms with Crippen LogP contribution in [-0.4, -0.2) is 25.5 Å². The summed E-state index contributed by atoms with van der Waals surface area (Å²) in [4.78, 5) is 14.8. The lowest BCUT2D eigenvalue weighted by Crippen LogP contribution is -2.21. The Kier molecular flexibility index (Phi) is 4.47. The Bertz CT molecular complexity index is 728. The number of fused-ring (bicyclic) bond motifs is 1. The summed E-state index contributed by atoms with van der Waals surface area (Å²) < 4.78 is 5.68. The van der Waals surface area contributed by atoms with Gasteiger partial charge in [0.25, 0.3) is 0 Å². The van der Waals surface area contributed by atoms with E-state index in [1.165, 1.54) is 5.69 Å². The average Bonchev–Trinajstić information content (AvgIpc) is 2.60. The van der Waals surface area contributed by atoms with Crippen molar-refractivity contribution in [1.82, 2.24) is 0 Å². The summed E-state index contributed by atoms with van der Waals surface area (Å²) in [6.45, 7) is 6.59. The van der Waals surface area contributed by atoms with Gasteiger partial charge in [-0.3, -0.25) is 4.79 Å². The second-order valence-electron chi connectivity index (χ2n) is 5.55. The van der Waals surface area contributed by atoms with Gasteiger partial charge in [-0.15, -0.1) is 0 Å².